The predicted molar refractivity (Wildman–Crippen MR) is 81.4 cm³/mol. The number of nitro groups is 1. The van der Waals surface area contributed by atoms with Gasteiger partial charge in [-0.15, -0.1) is 0 Å². The molecule has 0 aliphatic carbocycles. The van der Waals surface area contributed by atoms with Gasteiger partial charge in [0, 0.05) is 19.8 Å². The molecule has 0 radical (unpaired) electrons. The molecule has 1 saturated heterocycles. The van der Waals surface area contributed by atoms with E-state index >= 15 is 0 Å². The van der Waals surface area contributed by atoms with Gasteiger partial charge in [0.15, 0.2) is 12.4 Å². The Morgan fingerprint density at radius 3 is 2.96 bits per heavy atom. The highest BCUT2D eigenvalue weighted by Crippen LogP contribution is 2.25. The zero-order chi connectivity index (χ0) is 16.7. The van der Waals surface area contributed by atoms with Gasteiger partial charge in [-0.1, -0.05) is 12.1 Å². The predicted octanol–water partition coefficient (Wildman–Crippen LogP) is 1.28. The minimum Gasteiger partial charge on any atom is -0.477 e. The van der Waals surface area contributed by atoms with Gasteiger partial charge in [-0.3, -0.25) is 14.9 Å². The van der Waals surface area contributed by atoms with Gasteiger partial charge in [-0.05, 0) is 18.9 Å². The van der Waals surface area contributed by atoms with Crippen LogP contribution in [-0.4, -0.2) is 49.9 Å². The number of methoxy groups -OCH3 is 1. The Morgan fingerprint density at radius 2 is 2.30 bits per heavy atom. The summed E-state index contributed by atoms with van der Waals surface area (Å²) in [6.07, 6.45) is 1.73. The summed E-state index contributed by atoms with van der Waals surface area (Å²) in [4.78, 5) is 22.4. The number of amides is 1. The summed E-state index contributed by atoms with van der Waals surface area (Å²) in [5, 5.41) is 13.7. The van der Waals surface area contributed by atoms with Crippen molar-refractivity contribution in [2.24, 2.45) is 0 Å². The Labute approximate surface area is 133 Å². The Balaban J connectivity index is 1.90. The fraction of sp³-hybridized carbons (Fsp3) is 0.533. The van der Waals surface area contributed by atoms with E-state index in [9.17, 15) is 14.9 Å². The molecule has 8 heteroatoms. The van der Waals surface area contributed by atoms with Crippen molar-refractivity contribution < 1.29 is 23.9 Å². The number of hydrogen-bond donors (Lipinski definition) is 1. The highest BCUT2D eigenvalue weighted by atomic mass is 16.6. The van der Waals surface area contributed by atoms with E-state index in [0.29, 0.717) is 13.2 Å². The number of nitrogens with one attached hydrogen (secondary N) is 1. The molecule has 2 unspecified atom stereocenters. The minimum atomic E-state index is -0.548. The summed E-state index contributed by atoms with van der Waals surface area (Å²) in [6, 6.07) is 5.67. The smallest absolute Gasteiger partial charge is 0.310 e. The van der Waals surface area contributed by atoms with E-state index < -0.39 is 4.92 Å². The van der Waals surface area contributed by atoms with Crippen LogP contribution in [0.1, 0.15) is 12.8 Å². The Bertz CT molecular complexity index is 545. The fourth-order valence-electron chi connectivity index (χ4n) is 2.46. The number of para-hydroxylation sites is 2. The maximum absolute atomic E-state index is 12.0. The van der Waals surface area contributed by atoms with Crippen molar-refractivity contribution >= 4 is 11.6 Å². The summed E-state index contributed by atoms with van der Waals surface area (Å²) in [5.41, 5.74) is -0.173. The number of carbonyl (C=O) groups is 1. The maximum Gasteiger partial charge on any atom is 0.310 e. The van der Waals surface area contributed by atoms with E-state index in [0.717, 1.165) is 12.8 Å². The number of nitro benzene ring substituents is 1. The van der Waals surface area contributed by atoms with E-state index in [4.69, 9.17) is 14.2 Å². The monoisotopic (exact) mass is 324 g/mol. The second-order valence-electron chi connectivity index (χ2n) is 5.19. The molecular formula is C15H20N2O6. The number of benzene rings is 1. The molecule has 0 saturated carbocycles. The van der Waals surface area contributed by atoms with Gasteiger partial charge in [0.1, 0.15) is 0 Å². The van der Waals surface area contributed by atoms with Crippen molar-refractivity contribution in [1.82, 2.24) is 5.32 Å². The number of hydrogen-bond acceptors (Lipinski definition) is 6. The van der Waals surface area contributed by atoms with E-state index in [1.54, 1.807) is 13.2 Å². The SMILES string of the molecule is COCC(NC(=O)COc1ccccc1[N+](=O)[O-])C1CCCO1. The zero-order valence-electron chi connectivity index (χ0n) is 12.9. The van der Waals surface area contributed by atoms with Crippen LogP contribution in [0.4, 0.5) is 5.69 Å². The second-order valence-corrected chi connectivity index (χ2v) is 5.19. The molecule has 1 aliphatic heterocycles. The normalized spacial score (nSPS) is 18.4. The topological polar surface area (TPSA) is 99.9 Å². The molecule has 1 aromatic carbocycles. The lowest BCUT2D eigenvalue weighted by molar-refractivity contribution is -0.385. The lowest BCUT2D eigenvalue weighted by Crippen LogP contribution is -2.47. The van der Waals surface area contributed by atoms with Crippen LogP contribution >= 0.6 is 0 Å². The van der Waals surface area contributed by atoms with E-state index in [-0.39, 0.29) is 36.1 Å². The molecule has 126 valence electrons. The first-order valence-corrected chi connectivity index (χ1v) is 7.38. The maximum atomic E-state index is 12.0. The van der Waals surface area contributed by atoms with Gasteiger partial charge >= 0.3 is 5.69 Å². The number of nitrogens with zero attached hydrogens (tertiary/aromatic N) is 1. The average molecular weight is 324 g/mol. The Hall–Kier alpha value is -2.19. The summed E-state index contributed by atoms with van der Waals surface area (Å²) in [5.74, 6) is -0.311. The van der Waals surface area contributed by atoms with Crippen LogP contribution in [0.5, 0.6) is 5.75 Å². The van der Waals surface area contributed by atoms with Crippen LogP contribution in [0.3, 0.4) is 0 Å². The largest absolute Gasteiger partial charge is 0.477 e. The first-order chi connectivity index (χ1) is 11.1. The molecule has 0 bridgehead atoms. The van der Waals surface area contributed by atoms with Crippen LogP contribution in [0, 0.1) is 10.1 Å². The van der Waals surface area contributed by atoms with Crippen molar-refractivity contribution in [3.8, 4) is 5.75 Å². The Morgan fingerprint density at radius 1 is 1.52 bits per heavy atom. The second kappa shape index (κ2) is 8.44. The van der Waals surface area contributed by atoms with Gasteiger partial charge in [0.2, 0.25) is 0 Å². The van der Waals surface area contributed by atoms with E-state index in [1.165, 1.54) is 18.2 Å². The first kappa shape index (κ1) is 17.2. The van der Waals surface area contributed by atoms with Crippen molar-refractivity contribution in [3.05, 3.63) is 34.4 Å². The summed E-state index contributed by atoms with van der Waals surface area (Å²) in [7, 11) is 1.55. The average Bonchev–Trinajstić information content (AvgIpc) is 3.07. The van der Waals surface area contributed by atoms with E-state index in [2.05, 4.69) is 5.32 Å². The minimum absolute atomic E-state index is 0.0630. The molecule has 1 N–H and O–H groups in total. The standard InChI is InChI=1S/C15H20N2O6/c1-21-9-11(13-7-4-8-22-13)16-15(18)10-23-14-6-3-2-5-12(14)17(19)20/h2-3,5-6,11,13H,4,7-10H2,1H3,(H,16,18). The summed E-state index contributed by atoms with van der Waals surface area (Å²) >= 11 is 0. The van der Waals surface area contributed by atoms with Gasteiger partial charge in [-0.25, -0.2) is 0 Å². The van der Waals surface area contributed by atoms with Crippen LogP contribution in [0.2, 0.25) is 0 Å². The molecule has 1 aliphatic rings. The molecule has 1 fully saturated rings. The molecule has 1 amide bonds. The highest BCUT2D eigenvalue weighted by Gasteiger charge is 2.27. The molecule has 8 nitrogen and oxygen atoms in total. The van der Waals surface area contributed by atoms with Gasteiger partial charge in [0.25, 0.3) is 5.91 Å². The van der Waals surface area contributed by atoms with Gasteiger partial charge in [-0.2, -0.15) is 0 Å². The van der Waals surface area contributed by atoms with Crippen molar-refractivity contribution in [2.45, 2.75) is 25.0 Å². The van der Waals surface area contributed by atoms with Crippen LogP contribution in [-0.2, 0) is 14.3 Å². The summed E-state index contributed by atoms with van der Waals surface area (Å²) < 4.78 is 15.9. The van der Waals surface area contributed by atoms with Crippen molar-refractivity contribution in [3.63, 3.8) is 0 Å². The van der Waals surface area contributed by atoms with Crippen molar-refractivity contribution in [2.75, 3.05) is 26.9 Å². The molecule has 0 spiro atoms. The summed E-state index contributed by atoms with van der Waals surface area (Å²) in [6.45, 7) is 0.702. The molecule has 0 aromatic heterocycles. The molecule has 1 aromatic rings. The third kappa shape index (κ3) is 4.90. The number of rotatable bonds is 8. The quantitative estimate of drug-likeness (QED) is 0.571. The number of carbonyl (C=O) groups excluding carboxylic acids is 1. The molecule has 1 heterocycles. The third-order valence-corrected chi connectivity index (χ3v) is 3.53. The van der Waals surface area contributed by atoms with Crippen LogP contribution in [0.15, 0.2) is 24.3 Å². The number of ether oxygens (including phenoxy) is 3. The fourth-order valence-corrected chi connectivity index (χ4v) is 2.46. The van der Waals surface area contributed by atoms with E-state index in [1.807, 2.05) is 0 Å². The van der Waals surface area contributed by atoms with Crippen LogP contribution < -0.4 is 10.1 Å². The van der Waals surface area contributed by atoms with Gasteiger partial charge in [0.05, 0.1) is 23.7 Å². The molecule has 2 atom stereocenters. The lowest BCUT2D eigenvalue weighted by Gasteiger charge is -2.23. The molecular weight excluding hydrogens is 304 g/mol. The third-order valence-electron chi connectivity index (χ3n) is 3.53. The first-order valence-electron chi connectivity index (χ1n) is 7.38. The molecule has 2 rings (SSSR count). The van der Waals surface area contributed by atoms with Gasteiger partial charge < -0.3 is 19.5 Å². The van der Waals surface area contributed by atoms with Crippen LogP contribution in [0.25, 0.3) is 0 Å². The molecule has 23 heavy (non-hydrogen) atoms. The zero-order valence-corrected chi connectivity index (χ0v) is 12.9. The highest BCUT2D eigenvalue weighted by molar-refractivity contribution is 5.78. The lowest BCUT2D eigenvalue weighted by atomic mass is 10.1. The van der Waals surface area contributed by atoms with Crippen molar-refractivity contribution in [1.29, 1.82) is 0 Å². The Kier molecular flexibility index (Phi) is 6.30.